The molecule has 0 aliphatic heterocycles. The summed E-state index contributed by atoms with van der Waals surface area (Å²) in [5.74, 6) is -1.20. The number of benzene rings is 2. The van der Waals surface area contributed by atoms with Crippen molar-refractivity contribution in [2.45, 2.75) is 4.90 Å². The smallest absolute Gasteiger partial charge is 0.244 e. The number of carbonyl (C=O) groups excluding carboxylic acids is 1. The average Bonchev–Trinajstić information content (AvgIpc) is 3.10. The van der Waals surface area contributed by atoms with Crippen LogP contribution in [0, 0.1) is 5.82 Å². The first-order valence-corrected chi connectivity index (χ1v) is 11.5. The molecule has 0 N–H and O–H groups in total. The van der Waals surface area contributed by atoms with Gasteiger partial charge in [0.15, 0.2) is 15.0 Å². The summed E-state index contributed by atoms with van der Waals surface area (Å²) in [6, 6.07) is 9.82. The molecule has 0 bridgehead atoms. The highest BCUT2D eigenvalue weighted by atomic mass is 32.2. The van der Waals surface area contributed by atoms with Crippen molar-refractivity contribution in [1.29, 1.82) is 0 Å². The van der Waals surface area contributed by atoms with Crippen molar-refractivity contribution >= 4 is 42.4 Å². The molecule has 7 nitrogen and oxygen atoms in total. The molecule has 1 amide bonds. The summed E-state index contributed by atoms with van der Waals surface area (Å²) in [4.78, 5) is 20.7. The first-order chi connectivity index (χ1) is 14.2. The lowest BCUT2D eigenvalue weighted by atomic mass is 10.3. The Morgan fingerprint density at radius 3 is 2.47 bits per heavy atom. The second kappa shape index (κ2) is 9.07. The molecule has 0 aliphatic carbocycles. The molecule has 0 atom stereocenters. The van der Waals surface area contributed by atoms with Gasteiger partial charge < -0.3 is 9.64 Å². The molecule has 160 valence electrons. The predicted octanol–water partition coefficient (Wildman–Crippen LogP) is 2.81. The number of carbonyl (C=O) groups is 1. The number of rotatable bonds is 8. The van der Waals surface area contributed by atoms with Crippen LogP contribution < -0.4 is 9.64 Å². The number of fused-ring (bicyclic) bond motifs is 1. The van der Waals surface area contributed by atoms with E-state index in [1.165, 1.54) is 16.2 Å². The van der Waals surface area contributed by atoms with E-state index in [1.54, 1.807) is 19.2 Å². The van der Waals surface area contributed by atoms with Gasteiger partial charge in [0.05, 0.1) is 22.2 Å². The minimum atomic E-state index is -3.92. The minimum Gasteiger partial charge on any atom is -0.497 e. The molecule has 3 aromatic rings. The fraction of sp³-hybridized carbons (Fsp3) is 0.300. The molecule has 0 saturated carbocycles. The first-order valence-electron chi connectivity index (χ1n) is 9.07. The van der Waals surface area contributed by atoms with Crippen molar-refractivity contribution in [2.24, 2.45) is 0 Å². The number of anilines is 1. The van der Waals surface area contributed by atoms with Gasteiger partial charge in [-0.15, -0.1) is 0 Å². The van der Waals surface area contributed by atoms with Crippen molar-refractivity contribution in [1.82, 2.24) is 9.88 Å². The number of likely N-dealkylation sites (N-methyl/N-ethyl adjacent to an activating group) is 1. The predicted molar refractivity (Wildman–Crippen MR) is 116 cm³/mol. The van der Waals surface area contributed by atoms with Crippen molar-refractivity contribution in [2.75, 3.05) is 44.9 Å². The summed E-state index contributed by atoms with van der Waals surface area (Å²) >= 11 is 1.29. The third-order valence-corrected chi connectivity index (χ3v) is 7.03. The number of halogens is 1. The van der Waals surface area contributed by atoms with Crippen LogP contribution in [0.2, 0.25) is 0 Å². The van der Waals surface area contributed by atoms with E-state index >= 15 is 0 Å². The summed E-state index contributed by atoms with van der Waals surface area (Å²) in [6.45, 7) is 0.809. The Bertz CT molecular complexity index is 1140. The number of ether oxygens (including phenoxy) is 1. The summed E-state index contributed by atoms with van der Waals surface area (Å²) in [7, 11) is 1.37. The Balaban J connectivity index is 1.91. The fourth-order valence-electron chi connectivity index (χ4n) is 2.73. The maximum Gasteiger partial charge on any atom is 0.244 e. The molecule has 30 heavy (non-hydrogen) atoms. The summed E-state index contributed by atoms with van der Waals surface area (Å²) in [6.07, 6.45) is 0. The van der Waals surface area contributed by atoms with Gasteiger partial charge in [-0.1, -0.05) is 11.3 Å². The van der Waals surface area contributed by atoms with E-state index in [4.69, 9.17) is 4.74 Å². The van der Waals surface area contributed by atoms with Crippen LogP contribution in [0.1, 0.15) is 0 Å². The Morgan fingerprint density at radius 2 is 1.83 bits per heavy atom. The summed E-state index contributed by atoms with van der Waals surface area (Å²) < 4.78 is 44.5. The van der Waals surface area contributed by atoms with Crippen molar-refractivity contribution in [3.05, 3.63) is 48.3 Å². The highest BCUT2D eigenvalue weighted by molar-refractivity contribution is 7.92. The molecular weight excluding hydrogens is 429 g/mol. The van der Waals surface area contributed by atoms with Gasteiger partial charge in [0.25, 0.3) is 0 Å². The summed E-state index contributed by atoms with van der Waals surface area (Å²) in [5, 5.41) is 0.416. The molecule has 1 heterocycles. The topological polar surface area (TPSA) is 79.8 Å². The van der Waals surface area contributed by atoms with Crippen molar-refractivity contribution in [3.8, 4) is 5.75 Å². The van der Waals surface area contributed by atoms with Gasteiger partial charge >= 0.3 is 0 Å². The van der Waals surface area contributed by atoms with Crippen LogP contribution in [-0.4, -0.2) is 64.3 Å². The van der Waals surface area contributed by atoms with E-state index in [0.717, 1.165) is 29.0 Å². The Morgan fingerprint density at radius 1 is 1.13 bits per heavy atom. The lowest BCUT2D eigenvalue weighted by molar-refractivity contribution is -0.116. The second-order valence-corrected chi connectivity index (χ2v) is 9.89. The van der Waals surface area contributed by atoms with Gasteiger partial charge in [0.2, 0.25) is 5.91 Å². The van der Waals surface area contributed by atoms with Crippen LogP contribution >= 0.6 is 11.3 Å². The molecule has 0 radical (unpaired) electrons. The number of nitrogens with zero attached hydrogens (tertiary/aromatic N) is 3. The number of aromatic nitrogens is 1. The van der Waals surface area contributed by atoms with E-state index in [0.29, 0.717) is 22.9 Å². The van der Waals surface area contributed by atoms with Gasteiger partial charge in [0, 0.05) is 13.1 Å². The SMILES string of the molecule is COc1ccc2nc(N(CCN(C)C)C(=O)CS(=O)(=O)c3ccc(F)cc3)sc2c1. The monoisotopic (exact) mass is 451 g/mol. The lowest BCUT2D eigenvalue weighted by Crippen LogP contribution is -2.40. The molecule has 0 aliphatic rings. The zero-order chi connectivity index (χ0) is 21.9. The van der Waals surface area contributed by atoms with Crippen LogP contribution in [0.4, 0.5) is 9.52 Å². The Labute approximate surface area is 178 Å². The van der Waals surface area contributed by atoms with Crippen molar-refractivity contribution in [3.63, 3.8) is 0 Å². The van der Waals surface area contributed by atoms with E-state index in [2.05, 4.69) is 4.98 Å². The molecule has 3 rings (SSSR count). The number of thiazole rings is 1. The number of methoxy groups -OCH3 is 1. The fourth-order valence-corrected chi connectivity index (χ4v) is 4.96. The van der Waals surface area contributed by atoms with Crippen LogP contribution in [0.15, 0.2) is 47.4 Å². The standard InChI is InChI=1S/C20H22FN3O4S2/c1-23(2)10-11-24(20-22-17-9-6-15(28-3)12-18(17)29-20)19(25)13-30(26,27)16-7-4-14(21)5-8-16/h4-9,12H,10-11,13H2,1-3H3. The Kier molecular flexibility index (Phi) is 6.69. The van der Waals surface area contributed by atoms with E-state index in [-0.39, 0.29) is 11.4 Å². The van der Waals surface area contributed by atoms with E-state index in [9.17, 15) is 17.6 Å². The highest BCUT2D eigenvalue weighted by Crippen LogP contribution is 2.31. The van der Waals surface area contributed by atoms with E-state index in [1.807, 2.05) is 25.1 Å². The molecular formula is C20H22FN3O4S2. The normalized spacial score (nSPS) is 11.8. The maximum absolute atomic E-state index is 13.1. The Hall–Kier alpha value is -2.56. The van der Waals surface area contributed by atoms with Gasteiger partial charge in [-0.05, 0) is 56.6 Å². The molecule has 0 fully saturated rings. The quantitative estimate of drug-likeness (QED) is 0.490. The second-order valence-electron chi connectivity index (χ2n) is 6.89. The zero-order valence-electron chi connectivity index (χ0n) is 16.8. The molecule has 0 unspecified atom stereocenters. The van der Waals surface area contributed by atoms with E-state index < -0.39 is 27.3 Å². The minimum absolute atomic E-state index is 0.0983. The number of amides is 1. The van der Waals surface area contributed by atoms with Gasteiger partial charge in [0.1, 0.15) is 17.3 Å². The summed E-state index contributed by atoms with van der Waals surface area (Å²) in [5.41, 5.74) is 0.694. The molecule has 0 spiro atoms. The van der Waals surface area contributed by atoms with Crippen LogP contribution in [0.5, 0.6) is 5.75 Å². The highest BCUT2D eigenvalue weighted by Gasteiger charge is 2.26. The number of hydrogen-bond acceptors (Lipinski definition) is 7. The number of sulfone groups is 1. The zero-order valence-corrected chi connectivity index (χ0v) is 18.5. The van der Waals surface area contributed by atoms with Gasteiger partial charge in [-0.2, -0.15) is 0 Å². The maximum atomic E-state index is 13.1. The average molecular weight is 452 g/mol. The van der Waals surface area contributed by atoms with Crippen LogP contribution in [-0.2, 0) is 14.6 Å². The lowest BCUT2D eigenvalue weighted by Gasteiger charge is -2.22. The molecule has 10 heteroatoms. The molecule has 0 saturated heterocycles. The first kappa shape index (κ1) is 22.1. The van der Waals surface area contributed by atoms with Crippen LogP contribution in [0.25, 0.3) is 10.2 Å². The van der Waals surface area contributed by atoms with Gasteiger partial charge in [-0.3, -0.25) is 9.69 Å². The third kappa shape index (κ3) is 5.13. The molecule has 1 aromatic heterocycles. The number of hydrogen-bond donors (Lipinski definition) is 0. The third-order valence-electron chi connectivity index (χ3n) is 4.37. The largest absolute Gasteiger partial charge is 0.497 e. The molecule has 2 aromatic carbocycles. The van der Waals surface area contributed by atoms with Crippen molar-refractivity contribution < 1.29 is 22.3 Å². The van der Waals surface area contributed by atoms with Gasteiger partial charge in [-0.25, -0.2) is 17.8 Å². The van der Waals surface area contributed by atoms with Crippen LogP contribution in [0.3, 0.4) is 0 Å².